The minimum Gasteiger partial charge on any atom is -0.454 e. The maximum atomic E-state index is 11.2. The van der Waals surface area contributed by atoms with E-state index in [0.717, 1.165) is 11.3 Å². The molecule has 0 aliphatic carbocycles. The quantitative estimate of drug-likeness (QED) is 0.616. The normalized spacial score (nSPS) is 13.1. The third-order valence-corrected chi connectivity index (χ3v) is 2.10. The molecule has 1 heterocycles. The maximum Gasteiger partial charge on any atom is 0.231 e. The molecule has 13 heavy (non-hydrogen) atoms. The molecule has 1 aliphatic heterocycles. The van der Waals surface area contributed by atoms with E-state index in [-0.39, 0.29) is 12.6 Å². The molecule has 0 saturated heterocycles. The van der Waals surface area contributed by atoms with Gasteiger partial charge in [-0.2, -0.15) is 0 Å². The average molecular weight is 178 g/mol. The van der Waals surface area contributed by atoms with Crippen molar-refractivity contribution in [1.82, 2.24) is 0 Å². The molecule has 3 nitrogen and oxygen atoms in total. The van der Waals surface area contributed by atoms with Gasteiger partial charge < -0.3 is 9.47 Å². The van der Waals surface area contributed by atoms with Gasteiger partial charge in [-0.05, 0) is 31.5 Å². The summed E-state index contributed by atoms with van der Waals surface area (Å²) in [7, 11) is 0. The largest absolute Gasteiger partial charge is 0.454 e. The maximum absolute atomic E-state index is 11.2. The van der Waals surface area contributed by atoms with Crippen molar-refractivity contribution < 1.29 is 14.3 Å². The van der Waals surface area contributed by atoms with Gasteiger partial charge in [-0.25, -0.2) is 0 Å². The first-order valence-electron chi connectivity index (χ1n) is 4.09. The minimum absolute atomic E-state index is 0.0517. The van der Waals surface area contributed by atoms with Gasteiger partial charge in [0.2, 0.25) is 6.79 Å². The summed E-state index contributed by atoms with van der Waals surface area (Å²) >= 11 is 0. The number of hydrogen-bond donors (Lipinski definition) is 0. The molecule has 1 aromatic rings. The van der Waals surface area contributed by atoms with Crippen LogP contribution in [0.25, 0.3) is 0 Å². The lowest BCUT2D eigenvalue weighted by atomic mass is 10.0. The van der Waals surface area contributed by atoms with E-state index < -0.39 is 0 Å². The van der Waals surface area contributed by atoms with Crippen LogP contribution in [0.1, 0.15) is 22.8 Å². The average Bonchev–Trinajstić information content (AvgIpc) is 2.48. The molecule has 0 unspecified atom stereocenters. The summed E-state index contributed by atoms with van der Waals surface area (Å²) < 4.78 is 10.4. The van der Waals surface area contributed by atoms with E-state index in [1.54, 1.807) is 13.0 Å². The number of Topliss-reactive ketones (excluding diaryl/α,β-unsaturated/α-hetero) is 1. The van der Waals surface area contributed by atoms with Crippen LogP contribution < -0.4 is 9.47 Å². The molecule has 1 aromatic carbocycles. The molecule has 0 fully saturated rings. The summed E-state index contributed by atoms with van der Waals surface area (Å²) in [6.07, 6.45) is 0. The van der Waals surface area contributed by atoms with Gasteiger partial charge in [-0.3, -0.25) is 4.79 Å². The predicted octanol–water partition coefficient (Wildman–Crippen LogP) is 1.93. The molecule has 68 valence electrons. The number of benzene rings is 1. The first-order valence-corrected chi connectivity index (χ1v) is 4.09. The van der Waals surface area contributed by atoms with Gasteiger partial charge in [-0.15, -0.1) is 0 Å². The first kappa shape index (κ1) is 8.10. The molecule has 0 amide bonds. The van der Waals surface area contributed by atoms with Crippen LogP contribution in [0.4, 0.5) is 0 Å². The molecule has 0 aromatic heterocycles. The zero-order valence-corrected chi connectivity index (χ0v) is 7.59. The lowest BCUT2D eigenvalue weighted by Gasteiger charge is -2.03. The van der Waals surface area contributed by atoms with Gasteiger partial charge >= 0.3 is 0 Å². The fraction of sp³-hybridized carbons (Fsp3) is 0.300. The summed E-state index contributed by atoms with van der Waals surface area (Å²) in [6, 6.07) is 3.57. The molecule has 0 bridgehead atoms. The monoisotopic (exact) mass is 178 g/mol. The molecule has 0 radical (unpaired) electrons. The zero-order valence-electron chi connectivity index (χ0n) is 7.59. The van der Waals surface area contributed by atoms with E-state index in [1.165, 1.54) is 0 Å². The lowest BCUT2D eigenvalue weighted by molar-refractivity contribution is 0.101. The Labute approximate surface area is 76.3 Å². The van der Waals surface area contributed by atoms with Gasteiger partial charge in [0, 0.05) is 5.56 Å². The summed E-state index contributed by atoms with van der Waals surface area (Å²) in [5.41, 5.74) is 1.63. The molecule has 0 spiro atoms. The van der Waals surface area contributed by atoms with Gasteiger partial charge in [0.25, 0.3) is 0 Å². The third kappa shape index (κ3) is 1.26. The number of fused-ring (bicyclic) bond motifs is 1. The highest BCUT2D eigenvalue weighted by atomic mass is 16.7. The van der Waals surface area contributed by atoms with Crippen LogP contribution in [0.2, 0.25) is 0 Å². The topological polar surface area (TPSA) is 35.5 Å². The second-order valence-electron chi connectivity index (χ2n) is 3.08. The second-order valence-corrected chi connectivity index (χ2v) is 3.08. The van der Waals surface area contributed by atoms with Crippen molar-refractivity contribution in [2.24, 2.45) is 0 Å². The van der Waals surface area contributed by atoms with E-state index in [4.69, 9.17) is 9.47 Å². The minimum atomic E-state index is 0.0517. The highest BCUT2D eigenvalue weighted by molar-refractivity contribution is 5.96. The molecular formula is C10H10O3. The molecule has 1 aliphatic rings. The third-order valence-electron chi connectivity index (χ3n) is 2.10. The summed E-state index contributed by atoms with van der Waals surface area (Å²) in [4.78, 5) is 11.2. The van der Waals surface area contributed by atoms with E-state index in [2.05, 4.69) is 0 Å². The van der Waals surface area contributed by atoms with Crippen LogP contribution in [0, 0.1) is 6.92 Å². The van der Waals surface area contributed by atoms with Crippen LogP contribution in [0.5, 0.6) is 11.5 Å². The first-order chi connectivity index (χ1) is 6.18. The van der Waals surface area contributed by atoms with E-state index >= 15 is 0 Å². The van der Waals surface area contributed by atoms with Crippen molar-refractivity contribution in [1.29, 1.82) is 0 Å². The molecule has 2 rings (SSSR count). The molecule has 0 N–H and O–H groups in total. The summed E-state index contributed by atoms with van der Waals surface area (Å²) in [5.74, 6) is 1.44. The molecule has 3 heteroatoms. The molecule has 0 saturated carbocycles. The number of hydrogen-bond acceptors (Lipinski definition) is 3. The van der Waals surface area contributed by atoms with Gasteiger partial charge in [0.1, 0.15) is 0 Å². The Hall–Kier alpha value is -1.51. The summed E-state index contributed by atoms with van der Waals surface area (Å²) in [6.45, 7) is 3.68. The fourth-order valence-electron chi connectivity index (χ4n) is 1.42. The Morgan fingerprint density at radius 2 is 1.92 bits per heavy atom. The van der Waals surface area contributed by atoms with Gasteiger partial charge in [0.15, 0.2) is 17.3 Å². The van der Waals surface area contributed by atoms with E-state index in [0.29, 0.717) is 11.3 Å². The Balaban J connectivity index is 2.55. The summed E-state index contributed by atoms with van der Waals surface area (Å²) in [5, 5.41) is 0. The van der Waals surface area contributed by atoms with Crippen molar-refractivity contribution >= 4 is 5.78 Å². The predicted molar refractivity (Wildman–Crippen MR) is 47.3 cm³/mol. The number of aryl methyl sites for hydroxylation is 1. The fourth-order valence-corrected chi connectivity index (χ4v) is 1.42. The van der Waals surface area contributed by atoms with Gasteiger partial charge in [-0.1, -0.05) is 0 Å². The Morgan fingerprint density at radius 3 is 2.54 bits per heavy atom. The smallest absolute Gasteiger partial charge is 0.231 e. The SMILES string of the molecule is CC(=O)c1cc2c(cc1C)OCO2. The Morgan fingerprint density at radius 1 is 1.31 bits per heavy atom. The number of ether oxygens (including phenoxy) is 2. The molecule has 0 atom stereocenters. The number of ketones is 1. The van der Waals surface area contributed by atoms with Crippen LogP contribution in [0.15, 0.2) is 12.1 Å². The van der Waals surface area contributed by atoms with Crippen LogP contribution in [0.3, 0.4) is 0 Å². The number of carbonyl (C=O) groups excluding carboxylic acids is 1. The second kappa shape index (κ2) is 2.76. The van der Waals surface area contributed by atoms with Crippen LogP contribution >= 0.6 is 0 Å². The standard InChI is InChI=1S/C10H10O3/c1-6-3-9-10(13-5-12-9)4-8(6)7(2)11/h3-4H,5H2,1-2H3. The highest BCUT2D eigenvalue weighted by Gasteiger charge is 2.16. The van der Waals surface area contributed by atoms with Crippen molar-refractivity contribution in [2.45, 2.75) is 13.8 Å². The Bertz CT molecular complexity index is 369. The number of rotatable bonds is 1. The zero-order chi connectivity index (χ0) is 9.42. The van der Waals surface area contributed by atoms with Gasteiger partial charge in [0.05, 0.1) is 0 Å². The van der Waals surface area contributed by atoms with Crippen LogP contribution in [-0.2, 0) is 0 Å². The number of carbonyl (C=O) groups is 1. The van der Waals surface area contributed by atoms with Crippen molar-refractivity contribution in [2.75, 3.05) is 6.79 Å². The highest BCUT2D eigenvalue weighted by Crippen LogP contribution is 2.34. The molecular weight excluding hydrogens is 168 g/mol. The van der Waals surface area contributed by atoms with Crippen molar-refractivity contribution in [3.8, 4) is 11.5 Å². The van der Waals surface area contributed by atoms with E-state index in [1.807, 2.05) is 13.0 Å². The van der Waals surface area contributed by atoms with Crippen molar-refractivity contribution in [3.05, 3.63) is 23.3 Å². The lowest BCUT2D eigenvalue weighted by Crippen LogP contribution is -1.95. The van der Waals surface area contributed by atoms with Crippen molar-refractivity contribution in [3.63, 3.8) is 0 Å². The Kier molecular flexibility index (Phi) is 1.72. The van der Waals surface area contributed by atoms with Crippen LogP contribution in [-0.4, -0.2) is 12.6 Å². The van der Waals surface area contributed by atoms with E-state index in [9.17, 15) is 4.79 Å².